The summed E-state index contributed by atoms with van der Waals surface area (Å²) in [4.78, 5) is 1.49. The molecule has 1 N–H and O–H groups in total. The van der Waals surface area contributed by atoms with E-state index in [0.717, 1.165) is 24.3 Å². The van der Waals surface area contributed by atoms with E-state index in [1.165, 1.54) is 24.1 Å². The Bertz CT molecular complexity index is 665. The predicted molar refractivity (Wildman–Crippen MR) is 83.1 cm³/mol. The van der Waals surface area contributed by atoms with E-state index in [1.54, 1.807) is 7.11 Å². The van der Waals surface area contributed by atoms with Gasteiger partial charge in [-0.2, -0.15) is 5.26 Å². The zero-order chi connectivity index (χ0) is 15.4. The number of hydrogen-bond donors (Lipinski definition) is 1. The van der Waals surface area contributed by atoms with Crippen LogP contribution in [0, 0.1) is 11.3 Å². The van der Waals surface area contributed by atoms with Gasteiger partial charge >= 0.3 is 0 Å². The summed E-state index contributed by atoms with van der Waals surface area (Å²) in [5.41, 5.74) is 1.13. The van der Waals surface area contributed by atoms with Crippen LogP contribution in [0.4, 0.5) is 5.82 Å². The van der Waals surface area contributed by atoms with E-state index in [-0.39, 0.29) is 0 Å². The molecule has 2 aromatic rings. The van der Waals surface area contributed by atoms with Crippen molar-refractivity contribution in [3.63, 3.8) is 0 Å². The predicted octanol–water partition coefficient (Wildman–Crippen LogP) is 2.89. The van der Waals surface area contributed by atoms with Crippen LogP contribution in [0.25, 0.3) is 5.69 Å². The molecule has 0 saturated heterocycles. The minimum atomic E-state index is 0.335. The van der Waals surface area contributed by atoms with Crippen LogP contribution >= 0.6 is 0 Å². The highest BCUT2D eigenvalue weighted by Crippen LogP contribution is 2.22. The van der Waals surface area contributed by atoms with Gasteiger partial charge < -0.3 is 10.1 Å². The van der Waals surface area contributed by atoms with Crippen molar-refractivity contribution in [2.45, 2.75) is 38.1 Å². The van der Waals surface area contributed by atoms with Crippen molar-refractivity contribution in [1.29, 1.82) is 5.26 Å². The van der Waals surface area contributed by atoms with Gasteiger partial charge in [-0.1, -0.05) is 19.3 Å². The van der Waals surface area contributed by atoms with Gasteiger partial charge in [0.1, 0.15) is 11.8 Å². The summed E-state index contributed by atoms with van der Waals surface area (Å²) < 4.78 is 5.14. The second-order valence-corrected chi connectivity index (χ2v) is 5.48. The summed E-state index contributed by atoms with van der Waals surface area (Å²) in [5, 5.41) is 21.3. The van der Waals surface area contributed by atoms with Crippen molar-refractivity contribution >= 4 is 5.82 Å². The summed E-state index contributed by atoms with van der Waals surface area (Å²) in [6.07, 6.45) is 6.00. The van der Waals surface area contributed by atoms with Crippen molar-refractivity contribution in [1.82, 2.24) is 15.0 Å². The minimum absolute atomic E-state index is 0.335. The van der Waals surface area contributed by atoms with Crippen LogP contribution in [-0.4, -0.2) is 28.1 Å². The molecule has 3 rings (SSSR count). The van der Waals surface area contributed by atoms with E-state index < -0.39 is 0 Å². The van der Waals surface area contributed by atoms with Gasteiger partial charge in [0.2, 0.25) is 5.69 Å². The van der Waals surface area contributed by atoms with E-state index in [2.05, 4.69) is 21.6 Å². The normalized spacial score (nSPS) is 15.3. The highest BCUT2D eigenvalue weighted by atomic mass is 16.5. The number of nitrogens with zero attached hydrogens (tertiary/aromatic N) is 4. The SMILES string of the molecule is COc1ccc(-n2nc(C#N)c(NC3CCCCC3)n2)cc1. The lowest BCUT2D eigenvalue weighted by molar-refractivity contribution is 0.414. The lowest BCUT2D eigenvalue weighted by Gasteiger charge is -2.22. The molecule has 1 aromatic heterocycles. The molecule has 0 bridgehead atoms. The van der Waals surface area contributed by atoms with Crippen molar-refractivity contribution < 1.29 is 4.74 Å². The Balaban J connectivity index is 1.82. The zero-order valence-corrected chi connectivity index (χ0v) is 12.6. The van der Waals surface area contributed by atoms with E-state index in [4.69, 9.17) is 4.74 Å². The van der Waals surface area contributed by atoms with Gasteiger partial charge in [-0.05, 0) is 37.1 Å². The lowest BCUT2D eigenvalue weighted by Crippen LogP contribution is -2.23. The molecule has 0 radical (unpaired) electrons. The third-order valence-corrected chi connectivity index (χ3v) is 3.97. The fourth-order valence-electron chi connectivity index (χ4n) is 2.75. The Labute approximate surface area is 129 Å². The van der Waals surface area contributed by atoms with Crippen LogP contribution in [0.15, 0.2) is 24.3 Å². The second kappa shape index (κ2) is 6.48. The molecular formula is C16H19N5O. The maximum Gasteiger partial charge on any atom is 0.207 e. The first-order valence-electron chi connectivity index (χ1n) is 7.58. The Morgan fingerprint density at radius 1 is 1.18 bits per heavy atom. The van der Waals surface area contributed by atoms with E-state index in [0.29, 0.717) is 17.6 Å². The quantitative estimate of drug-likeness (QED) is 0.939. The molecule has 1 saturated carbocycles. The van der Waals surface area contributed by atoms with E-state index >= 15 is 0 Å². The van der Waals surface area contributed by atoms with Gasteiger partial charge in [0.25, 0.3) is 0 Å². The number of nitriles is 1. The number of methoxy groups -OCH3 is 1. The topological polar surface area (TPSA) is 75.8 Å². The fourth-order valence-corrected chi connectivity index (χ4v) is 2.75. The Hall–Kier alpha value is -2.55. The summed E-state index contributed by atoms with van der Waals surface area (Å²) in [5.74, 6) is 1.35. The maximum atomic E-state index is 9.26. The largest absolute Gasteiger partial charge is 0.497 e. The van der Waals surface area contributed by atoms with Gasteiger partial charge in [0.15, 0.2) is 5.82 Å². The molecule has 1 aliphatic carbocycles. The van der Waals surface area contributed by atoms with Crippen LogP contribution in [0.3, 0.4) is 0 Å². The number of benzene rings is 1. The molecule has 0 unspecified atom stereocenters. The molecule has 6 nitrogen and oxygen atoms in total. The summed E-state index contributed by atoms with van der Waals surface area (Å²) >= 11 is 0. The molecule has 6 heteroatoms. The molecule has 1 heterocycles. The smallest absolute Gasteiger partial charge is 0.207 e. The Morgan fingerprint density at radius 3 is 2.55 bits per heavy atom. The molecule has 22 heavy (non-hydrogen) atoms. The van der Waals surface area contributed by atoms with E-state index in [1.807, 2.05) is 24.3 Å². The van der Waals surface area contributed by atoms with Crippen LogP contribution in [0.5, 0.6) is 5.75 Å². The highest BCUT2D eigenvalue weighted by Gasteiger charge is 2.18. The number of anilines is 1. The lowest BCUT2D eigenvalue weighted by atomic mass is 9.95. The van der Waals surface area contributed by atoms with Crippen molar-refractivity contribution in [3.05, 3.63) is 30.0 Å². The first-order valence-corrected chi connectivity index (χ1v) is 7.58. The van der Waals surface area contributed by atoms with Crippen molar-refractivity contribution in [2.75, 3.05) is 12.4 Å². The summed E-state index contributed by atoms with van der Waals surface area (Å²) in [7, 11) is 1.63. The average Bonchev–Trinajstić information content (AvgIpc) is 2.99. The highest BCUT2D eigenvalue weighted by molar-refractivity contribution is 5.48. The zero-order valence-electron chi connectivity index (χ0n) is 12.6. The molecule has 1 fully saturated rings. The van der Waals surface area contributed by atoms with Gasteiger partial charge in [0, 0.05) is 6.04 Å². The molecule has 0 atom stereocenters. The standard InChI is InChI=1S/C16H19N5O/c1-22-14-9-7-13(8-10-14)21-19-15(11-17)16(20-21)18-12-5-3-2-4-6-12/h7-10,12H,2-6H2,1H3,(H,18,20). The molecule has 114 valence electrons. The van der Waals surface area contributed by atoms with Crippen LogP contribution < -0.4 is 10.1 Å². The van der Waals surface area contributed by atoms with Crippen LogP contribution in [0.1, 0.15) is 37.8 Å². The third-order valence-electron chi connectivity index (χ3n) is 3.97. The first-order chi connectivity index (χ1) is 10.8. The number of rotatable bonds is 4. The molecule has 0 amide bonds. The molecule has 1 aliphatic rings. The summed E-state index contributed by atoms with van der Waals surface area (Å²) in [6, 6.07) is 9.93. The summed E-state index contributed by atoms with van der Waals surface area (Å²) in [6.45, 7) is 0. The average molecular weight is 297 g/mol. The molecule has 0 aliphatic heterocycles. The fraction of sp³-hybridized carbons (Fsp3) is 0.438. The molecule has 1 aromatic carbocycles. The number of ether oxygens (including phenoxy) is 1. The number of hydrogen-bond acceptors (Lipinski definition) is 5. The number of nitrogens with one attached hydrogen (secondary N) is 1. The molecular weight excluding hydrogens is 278 g/mol. The van der Waals surface area contributed by atoms with Gasteiger partial charge in [-0.15, -0.1) is 15.0 Å². The Morgan fingerprint density at radius 2 is 1.91 bits per heavy atom. The maximum absolute atomic E-state index is 9.26. The van der Waals surface area contributed by atoms with Crippen molar-refractivity contribution in [3.8, 4) is 17.5 Å². The Kier molecular flexibility index (Phi) is 4.24. The first kappa shape index (κ1) is 14.4. The van der Waals surface area contributed by atoms with E-state index in [9.17, 15) is 5.26 Å². The van der Waals surface area contributed by atoms with Crippen LogP contribution in [-0.2, 0) is 0 Å². The minimum Gasteiger partial charge on any atom is -0.497 e. The monoisotopic (exact) mass is 297 g/mol. The number of aromatic nitrogens is 3. The van der Waals surface area contributed by atoms with Crippen molar-refractivity contribution in [2.24, 2.45) is 0 Å². The van der Waals surface area contributed by atoms with Crippen LogP contribution in [0.2, 0.25) is 0 Å². The van der Waals surface area contributed by atoms with Gasteiger partial charge in [0.05, 0.1) is 12.8 Å². The molecule has 0 spiro atoms. The third kappa shape index (κ3) is 3.03. The second-order valence-electron chi connectivity index (χ2n) is 5.48. The van der Waals surface area contributed by atoms with Gasteiger partial charge in [-0.3, -0.25) is 0 Å². The van der Waals surface area contributed by atoms with Gasteiger partial charge in [-0.25, -0.2) is 0 Å².